The molecule has 0 N–H and O–H groups in total. The zero-order valence-corrected chi connectivity index (χ0v) is 20.4. The van der Waals surface area contributed by atoms with Crippen molar-refractivity contribution in [2.75, 3.05) is 0 Å². The van der Waals surface area contributed by atoms with Crippen molar-refractivity contribution in [1.82, 2.24) is 9.47 Å². The molecule has 5 rings (SSSR count). The zero-order valence-electron chi connectivity index (χ0n) is 18.8. The molecule has 0 aliphatic heterocycles. The number of fused-ring (bicyclic) bond motifs is 1. The molecule has 1 amide bonds. The van der Waals surface area contributed by atoms with Crippen LogP contribution in [0.5, 0.6) is 0 Å². The Bertz CT molecular complexity index is 1410. The van der Waals surface area contributed by atoms with Crippen molar-refractivity contribution < 1.29 is 4.79 Å². The molecular weight excluding hydrogens is 484 g/mol. The molecule has 4 heteroatoms. The lowest BCUT2D eigenvalue weighted by Gasteiger charge is -2.24. The van der Waals surface area contributed by atoms with E-state index in [1.54, 1.807) is 0 Å². The Kier molecular flexibility index (Phi) is 6.59. The molecule has 0 bridgehead atoms. The van der Waals surface area contributed by atoms with Crippen LogP contribution in [0.4, 0.5) is 0 Å². The van der Waals surface area contributed by atoms with E-state index in [4.69, 9.17) is 0 Å². The number of halogens is 1. The summed E-state index contributed by atoms with van der Waals surface area (Å²) in [5, 5.41) is 2.21. The molecule has 1 aromatic heterocycles. The lowest BCUT2D eigenvalue weighted by Crippen LogP contribution is -2.31. The first-order valence-corrected chi connectivity index (χ1v) is 12.2. The third-order valence-corrected chi connectivity index (χ3v) is 6.57. The molecule has 0 fully saturated rings. The van der Waals surface area contributed by atoms with Crippen LogP contribution >= 0.6 is 15.9 Å². The maximum absolute atomic E-state index is 13.7. The van der Waals surface area contributed by atoms with Gasteiger partial charge in [-0.1, -0.05) is 88.7 Å². The molecule has 0 spiro atoms. The molecule has 1 heterocycles. The van der Waals surface area contributed by atoms with Crippen LogP contribution in [0.1, 0.15) is 27.2 Å². The predicted octanol–water partition coefficient (Wildman–Crippen LogP) is 7.29. The fourth-order valence-electron chi connectivity index (χ4n) is 4.24. The van der Waals surface area contributed by atoms with E-state index in [9.17, 15) is 4.79 Å². The fraction of sp³-hybridized carbons (Fsp3) is 0.100. The topological polar surface area (TPSA) is 25.2 Å². The summed E-state index contributed by atoms with van der Waals surface area (Å²) in [6.45, 7) is 1.85. The highest BCUT2D eigenvalue weighted by Crippen LogP contribution is 2.20. The molecule has 0 saturated carbocycles. The number of rotatable bonds is 7. The van der Waals surface area contributed by atoms with Crippen molar-refractivity contribution in [3.8, 4) is 0 Å². The standard InChI is InChI=1S/C30H25BrN2O/c31-28-16-12-24(13-17-28)20-32-18-6-11-29(32)22-33(21-23-7-2-1-3-8-23)30(34)27-15-14-25-9-4-5-10-26(25)19-27/h1-19H,20-22H2. The van der Waals surface area contributed by atoms with Gasteiger partial charge in [-0.2, -0.15) is 0 Å². The van der Waals surface area contributed by atoms with Crippen molar-refractivity contribution in [1.29, 1.82) is 0 Å². The first-order chi connectivity index (χ1) is 16.7. The van der Waals surface area contributed by atoms with E-state index in [2.05, 4.69) is 87.4 Å². The molecule has 0 radical (unpaired) electrons. The highest BCUT2D eigenvalue weighted by Gasteiger charge is 2.19. The minimum Gasteiger partial charge on any atom is -0.345 e. The minimum absolute atomic E-state index is 0.0333. The van der Waals surface area contributed by atoms with Crippen LogP contribution in [0.15, 0.2) is 120 Å². The molecule has 3 nitrogen and oxygen atoms in total. The monoisotopic (exact) mass is 508 g/mol. The van der Waals surface area contributed by atoms with Crippen LogP contribution in [0.25, 0.3) is 10.8 Å². The van der Waals surface area contributed by atoms with Gasteiger partial charge in [-0.05, 0) is 58.3 Å². The van der Waals surface area contributed by atoms with E-state index in [1.165, 1.54) is 5.56 Å². The number of nitrogens with zero attached hydrogens (tertiary/aromatic N) is 2. The molecule has 0 atom stereocenters. The molecule has 0 aliphatic rings. The Hall–Kier alpha value is -3.63. The summed E-state index contributed by atoms with van der Waals surface area (Å²) >= 11 is 3.50. The van der Waals surface area contributed by atoms with Gasteiger partial charge in [-0.25, -0.2) is 0 Å². The van der Waals surface area contributed by atoms with Gasteiger partial charge in [0.2, 0.25) is 0 Å². The zero-order chi connectivity index (χ0) is 23.3. The Morgan fingerprint density at radius 2 is 1.44 bits per heavy atom. The van der Waals surface area contributed by atoms with Gasteiger partial charge in [0, 0.05) is 35.0 Å². The number of carbonyl (C=O) groups excluding carboxylic acids is 1. The smallest absolute Gasteiger partial charge is 0.254 e. The van der Waals surface area contributed by atoms with Gasteiger partial charge in [0.1, 0.15) is 0 Å². The largest absolute Gasteiger partial charge is 0.345 e. The summed E-state index contributed by atoms with van der Waals surface area (Å²) in [7, 11) is 0. The first kappa shape index (κ1) is 22.2. The quantitative estimate of drug-likeness (QED) is 0.226. The highest BCUT2D eigenvalue weighted by molar-refractivity contribution is 9.10. The number of carbonyl (C=O) groups is 1. The molecule has 34 heavy (non-hydrogen) atoms. The number of amides is 1. The Balaban J connectivity index is 1.44. The number of hydrogen-bond donors (Lipinski definition) is 0. The van der Waals surface area contributed by atoms with Crippen LogP contribution in [0.3, 0.4) is 0 Å². The molecule has 0 saturated heterocycles. The maximum Gasteiger partial charge on any atom is 0.254 e. The number of benzene rings is 4. The van der Waals surface area contributed by atoms with Gasteiger partial charge >= 0.3 is 0 Å². The second-order valence-corrected chi connectivity index (χ2v) is 9.38. The average Bonchev–Trinajstić information content (AvgIpc) is 3.31. The normalized spacial score (nSPS) is 11.0. The van der Waals surface area contributed by atoms with Crippen LogP contribution in [0, 0.1) is 0 Å². The number of hydrogen-bond acceptors (Lipinski definition) is 1. The molecule has 168 valence electrons. The summed E-state index contributed by atoms with van der Waals surface area (Å²) in [6.07, 6.45) is 2.08. The van der Waals surface area contributed by atoms with Crippen molar-refractivity contribution in [3.63, 3.8) is 0 Å². The van der Waals surface area contributed by atoms with E-state index in [0.29, 0.717) is 18.7 Å². The maximum atomic E-state index is 13.7. The molecular formula is C30H25BrN2O. The van der Waals surface area contributed by atoms with Crippen LogP contribution < -0.4 is 0 Å². The van der Waals surface area contributed by atoms with Gasteiger partial charge in [0.05, 0.1) is 6.54 Å². The molecule has 0 aliphatic carbocycles. The highest BCUT2D eigenvalue weighted by atomic mass is 79.9. The van der Waals surface area contributed by atoms with Crippen molar-refractivity contribution in [2.45, 2.75) is 19.6 Å². The second kappa shape index (κ2) is 10.1. The second-order valence-electron chi connectivity index (χ2n) is 8.46. The van der Waals surface area contributed by atoms with Gasteiger partial charge in [-0.3, -0.25) is 4.79 Å². The van der Waals surface area contributed by atoms with Gasteiger partial charge in [-0.15, -0.1) is 0 Å². The van der Waals surface area contributed by atoms with E-state index >= 15 is 0 Å². The van der Waals surface area contributed by atoms with Crippen LogP contribution in [0.2, 0.25) is 0 Å². The Labute approximate surface area is 208 Å². The summed E-state index contributed by atoms with van der Waals surface area (Å²) < 4.78 is 3.29. The fourth-order valence-corrected chi connectivity index (χ4v) is 4.50. The van der Waals surface area contributed by atoms with E-state index in [-0.39, 0.29) is 5.91 Å². The lowest BCUT2D eigenvalue weighted by molar-refractivity contribution is 0.0726. The summed E-state index contributed by atoms with van der Waals surface area (Å²) in [5.41, 5.74) is 4.15. The lowest BCUT2D eigenvalue weighted by atomic mass is 10.1. The van der Waals surface area contributed by atoms with Crippen molar-refractivity contribution >= 4 is 32.6 Å². The number of aromatic nitrogens is 1. The molecule has 5 aromatic rings. The SMILES string of the molecule is O=C(c1ccc2ccccc2c1)N(Cc1ccccc1)Cc1cccn1Cc1ccc(Br)cc1. The predicted molar refractivity (Wildman–Crippen MR) is 142 cm³/mol. The molecule has 4 aromatic carbocycles. The Morgan fingerprint density at radius 3 is 2.24 bits per heavy atom. The van der Waals surface area contributed by atoms with E-state index in [0.717, 1.165) is 33.0 Å². The molecule has 0 unspecified atom stereocenters. The van der Waals surface area contributed by atoms with E-state index in [1.807, 2.05) is 53.4 Å². The summed E-state index contributed by atoms with van der Waals surface area (Å²) in [6, 6.07) is 36.8. The van der Waals surface area contributed by atoms with Crippen LogP contribution in [-0.2, 0) is 19.6 Å². The third kappa shape index (κ3) is 5.13. The van der Waals surface area contributed by atoms with Crippen LogP contribution in [-0.4, -0.2) is 15.4 Å². The van der Waals surface area contributed by atoms with Crippen molar-refractivity contribution in [2.24, 2.45) is 0 Å². The Morgan fingerprint density at radius 1 is 0.706 bits per heavy atom. The summed E-state index contributed by atoms with van der Waals surface area (Å²) in [5.74, 6) is 0.0333. The van der Waals surface area contributed by atoms with Crippen molar-refractivity contribution in [3.05, 3.63) is 142 Å². The first-order valence-electron chi connectivity index (χ1n) is 11.4. The summed E-state index contributed by atoms with van der Waals surface area (Å²) in [4.78, 5) is 15.7. The third-order valence-electron chi connectivity index (χ3n) is 6.04. The minimum atomic E-state index is 0.0333. The van der Waals surface area contributed by atoms with Gasteiger partial charge < -0.3 is 9.47 Å². The van der Waals surface area contributed by atoms with E-state index < -0.39 is 0 Å². The van der Waals surface area contributed by atoms with Gasteiger partial charge in [0.15, 0.2) is 0 Å². The van der Waals surface area contributed by atoms with Gasteiger partial charge in [0.25, 0.3) is 5.91 Å². The average molecular weight is 509 g/mol.